The van der Waals surface area contributed by atoms with Gasteiger partial charge in [0.15, 0.2) is 0 Å². The van der Waals surface area contributed by atoms with E-state index in [0.29, 0.717) is 16.3 Å². The van der Waals surface area contributed by atoms with Crippen LogP contribution in [0.25, 0.3) is 0 Å². The molecule has 1 aromatic heterocycles. The van der Waals surface area contributed by atoms with Crippen molar-refractivity contribution in [1.29, 1.82) is 0 Å². The fourth-order valence-corrected chi connectivity index (χ4v) is 1.80. The Labute approximate surface area is 92.2 Å². The van der Waals surface area contributed by atoms with Gasteiger partial charge in [-0.05, 0) is 0 Å². The number of piperazine rings is 1. The fourth-order valence-electron chi connectivity index (χ4n) is 1.39. The van der Waals surface area contributed by atoms with Crippen LogP contribution >= 0.6 is 23.2 Å². The van der Waals surface area contributed by atoms with Gasteiger partial charge in [-0.2, -0.15) is 0 Å². The molecule has 4 nitrogen and oxygen atoms in total. The summed E-state index contributed by atoms with van der Waals surface area (Å²) in [4.78, 5) is 10.3. The molecule has 0 atom stereocenters. The van der Waals surface area contributed by atoms with Gasteiger partial charge in [-0.15, -0.1) is 0 Å². The first kappa shape index (κ1) is 9.96. The van der Waals surface area contributed by atoms with E-state index in [1.54, 1.807) is 0 Å². The Morgan fingerprint density at radius 3 is 2.29 bits per heavy atom. The van der Waals surface area contributed by atoms with Crippen LogP contribution in [0.4, 0.5) is 5.95 Å². The van der Waals surface area contributed by atoms with Gasteiger partial charge in [-0.25, -0.2) is 9.97 Å². The van der Waals surface area contributed by atoms with Gasteiger partial charge < -0.3 is 10.2 Å². The molecule has 0 aromatic carbocycles. The van der Waals surface area contributed by atoms with Crippen LogP contribution in [0.1, 0.15) is 0 Å². The first-order chi connectivity index (χ1) is 6.75. The predicted octanol–water partition coefficient (Wildman–Crippen LogP) is 1.19. The average Bonchev–Trinajstić information content (AvgIpc) is 2.18. The summed E-state index contributed by atoms with van der Waals surface area (Å²) in [6.45, 7) is 3.65. The van der Waals surface area contributed by atoms with E-state index in [-0.39, 0.29) is 0 Å². The molecular formula is C8H10Cl2N4. The van der Waals surface area contributed by atoms with Crippen molar-refractivity contribution >= 4 is 29.2 Å². The molecule has 76 valence electrons. The lowest BCUT2D eigenvalue weighted by Gasteiger charge is -2.27. The van der Waals surface area contributed by atoms with Crippen LogP contribution in [0, 0.1) is 0 Å². The van der Waals surface area contributed by atoms with Gasteiger partial charge in [0, 0.05) is 32.2 Å². The Bertz CT molecular complexity index is 305. The van der Waals surface area contributed by atoms with E-state index in [2.05, 4.69) is 20.2 Å². The van der Waals surface area contributed by atoms with E-state index in [9.17, 15) is 0 Å². The van der Waals surface area contributed by atoms with Gasteiger partial charge >= 0.3 is 0 Å². The number of anilines is 1. The van der Waals surface area contributed by atoms with Crippen LogP contribution in [-0.4, -0.2) is 36.1 Å². The average molecular weight is 233 g/mol. The molecule has 1 fully saturated rings. The third-order valence-corrected chi connectivity index (χ3v) is 2.44. The molecule has 1 saturated heterocycles. The standard InChI is InChI=1S/C8H10Cl2N4/c9-6-5-7(10)13-8(12-6)14-3-1-11-2-4-14/h5,11H,1-4H2. The molecule has 2 rings (SSSR count). The van der Waals surface area contributed by atoms with Crippen LogP contribution in [0.3, 0.4) is 0 Å². The van der Waals surface area contributed by atoms with Crippen molar-refractivity contribution < 1.29 is 0 Å². The number of hydrogen-bond acceptors (Lipinski definition) is 4. The van der Waals surface area contributed by atoms with Gasteiger partial charge in [0.2, 0.25) is 5.95 Å². The molecule has 0 saturated carbocycles. The van der Waals surface area contributed by atoms with Crippen molar-refractivity contribution in [1.82, 2.24) is 15.3 Å². The summed E-state index contributed by atoms with van der Waals surface area (Å²) in [6.07, 6.45) is 0. The van der Waals surface area contributed by atoms with Gasteiger partial charge in [0.1, 0.15) is 10.3 Å². The lowest BCUT2D eigenvalue weighted by atomic mass is 10.4. The van der Waals surface area contributed by atoms with Gasteiger partial charge in [0.25, 0.3) is 0 Å². The molecule has 0 aliphatic carbocycles. The Hall–Kier alpha value is -0.580. The number of hydrogen-bond donors (Lipinski definition) is 1. The van der Waals surface area contributed by atoms with Crippen molar-refractivity contribution in [2.45, 2.75) is 0 Å². The van der Waals surface area contributed by atoms with Crippen molar-refractivity contribution in [2.24, 2.45) is 0 Å². The SMILES string of the molecule is Clc1cc(Cl)nc(N2CCNCC2)n1. The van der Waals surface area contributed by atoms with E-state index >= 15 is 0 Å². The smallest absolute Gasteiger partial charge is 0.228 e. The van der Waals surface area contributed by atoms with E-state index < -0.39 is 0 Å². The van der Waals surface area contributed by atoms with E-state index in [1.807, 2.05) is 0 Å². The highest BCUT2D eigenvalue weighted by molar-refractivity contribution is 6.33. The largest absolute Gasteiger partial charge is 0.338 e. The third-order valence-electron chi connectivity index (χ3n) is 2.05. The maximum atomic E-state index is 5.79. The molecule has 0 radical (unpaired) electrons. The minimum Gasteiger partial charge on any atom is -0.338 e. The summed E-state index contributed by atoms with van der Waals surface area (Å²) in [5.74, 6) is 0.615. The van der Waals surface area contributed by atoms with Crippen LogP contribution in [0.2, 0.25) is 10.3 Å². The lowest BCUT2D eigenvalue weighted by molar-refractivity contribution is 0.580. The maximum absolute atomic E-state index is 5.79. The van der Waals surface area contributed by atoms with E-state index in [0.717, 1.165) is 26.2 Å². The molecule has 2 heterocycles. The number of rotatable bonds is 1. The van der Waals surface area contributed by atoms with E-state index in [4.69, 9.17) is 23.2 Å². The van der Waals surface area contributed by atoms with Crippen LogP contribution in [0.15, 0.2) is 6.07 Å². The Morgan fingerprint density at radius 2 is 1.71 bits per heavy atom. The molecular weight excluding hydrogens is 223 g/mol. The summed E-state index contributed by atoms with van der Waals surface area (Å²) >= 11 is 11.6. The molecule has 0 spiro atoms. The number of halogens is 2. The zero-order chi connectivity index (χ0) is 9.97. The molecule has 14 heavy (non-hydrogen) atoms. The topological polar surface area (TPSA) is 41.1 Å². The van der Waals surface area contributed by atoms with Crippen LogP contribution < -0.4 is 10.2 Å². The predicted molar refractivity (Wildman–Crippen MR) is 57.1 cm³/mol. The number of nitrogens with zero attached hydrogens (tertiary/aromatic N) is 3. The highest BCUT2D eigenvalue weighted by Gasteiger charge is 2.13. The molecule has 1 aliphatic rings. The number of nitrogens with one attached hydrogen (secondary N) is 1. The molecule has 1 aliphatic heterocycles. The zero-order valence-electron chi connectivity index (χ0n) is 7.50. The second kappa shape index (κ2) is 4.29. The Kier molecular flexibility index (Phi) is 3.05. The maximum Gasteiger partial charge on any atom is 0.228 e. The summed E-state index contributed by atoms with van der Waals surface area (Å²) in [7, 11) is 0. The highest BCUT2D eigenvalue weighted by atomic mass is 35.5. The molecule has 0 amide bonds. The van der Waals surface area contributed by atoms with Gasteiger partial charge in [-0.1, -0.05) is 23.2 Å². The molecule has 0 unspecified atom stereocenters. The van der Waals surface area contributed by atoms with Crippen LogP contribution in [-0.2, 0) is 0 Å². The van der Waals surface area contributed by atoms with Crippen molar-refractivity contribution in [2.75, 3.05) is 31.1 Å². The van der Waals surface area contributed by atoms with Crippen LogP contribution in [0.5, 0.6) is 0 Å². The monoisotopic (exact) mass is 232 g/mol. The molecule has 6 heteroatoms. The minimum atomic E-state index is 0.388. The van der Waals surface area contributed by atoms with Gasteiger partial charge in [-0.3, -0.25) is 0 Å². The second-order valence-corrected chi connectivity index (χ2v) is 3.82. The summed E-state index contributed by atoms with van der Waals surface area (Å²) < 4.78 is 0. The normalized spacial score (nSPS) is 17.1. The zero-order valence-corrected chi connectivity index (χ0v) is 9.02. The van der Waals surface area contributed by atoms with E-state index in [1.165, 1.54) is 6.07 Å². The highest BCUT2D eigenvalue weighted by Crippen LogP contribution is 2.17. The summed E-state index contributed by atoms with van der Waals surface area (Å²) in [5, 5.41) is 4.03. The Balaban J connectivity index is 2.21. The first-order valence-electron chi connectivity index (χ1n) is 4.41. The quantitative estimate of drug-likeness (QED) is 0.740. The first-order valence-corrected chi connectivity index (χ1v) is 5.17. The summed E-state index contributed by atoms with van der Waals surface area (Å²) in [6, 6.07) is 1.54. The molecule has 1 N–H and O–H groups in total. The molecule has 0 bridgehead atoms. The number of aromatic nitrogens is 2. The molecule has 1 aromatic rings. The summed E-state index contributed by atoms with van der Waals surface area (Å²) in [5.41, 5.74) is 0. The minimum absolute atomic E-state index is 0.388. The Morgan fingerprint density at radius 1 is 1.14 bits per heavy atom. The third kappa shape index (κ3) is 2.26. The van der Waals surface area contributed by atoms with Gasteiger partial charge in [0.05, 0.1) is 0 Å². The lowest BCUT2D eigenvalue weighted by Crippen LogP contribution is -2.44. The fraction of sp³-hybridized carbons (Fsp3) is 0.500. The van der Waals surface area contributed by atoms with Crippen molar-refractivity contribution in [3.05, 3.63) is 16.4 Å². The van der Waals surface area contributed by atoms with Crippen molar-refractivity contribution in [3.8, 4) is 0 Å². The van der Waals surface area contributed by atoms with Crippen molar-refractivity contribution in [3.63, 3.8) is 0 Å². The second-order valence-electron chi connectivity index (χ2n) is 3.05.